The Kier molecular flexibility index (Phi) is 5.20. The summed E-state index contributed by atoms with van der Waals surface area (Å²) in [6.07, 6.45) is 5.02. The van der Waals surface area contributed by atoms with E-state index >= 15 is 0 Å². The number of benzene rings is 1. The summed E-state index contributed by atoms with van der Waals surface area (Å²) in [7, 11) is 0. The molecule has 0 spiro atoms. The van der Waals surface area contributed by atoms with Crippen LogP contribution in [-0.2, 0) is 20.8 Å². The SMILES string of the molecule is CC1(C2CCCC2)Cc2cc(OCCC3C(=O)NC(=O)C3=O)c(Cl)c(Cl)c2C1=O. The van der Waals surface area contributed by atoms with Gasteiger partial charge in [-0.05, 0) is 36.8 Å². The van der Waals surface area contributed by atoms with Crippen molar-refractivity contribution in [1.82, 2.24) is 5.32 Å². The lowest BCUT2D eigenvalue weighted by atomic mass is 9.73. The van der Waals surface area contributed by atoms with E-state index in [1.165, 1.54) is 0 Å². The Morgan fingerprint density at radius 3 is 2.45 bits per heavy atom. The van der Waals surface area contributed by atoms with E-state index in [-0.39, 0.29) is 28.9 Å². The van der Waals surface area contributed by atoms with E-state index in [1.807, 2.05) is 12.2 Å². The minimum atomic E-state index is -1.04. The molecule has 154 valence electrons. The van der Waals surface area contributed by atoms with Crippen LogP contribution in [0.4, 0.5) is 0 Å². The fraction of sp³-hybridized carbons (Fsp3) is 0.524. The number of rotatable bonds is 5. The Morgan fingerprint density at radius 1 is 1.14 bits per heavy atom. The normalized spacial score (nSPS) is 26.9. The van der Waals surface area contributed by atoms with Gasteiger partial charge in [-0.25, -0.2) is 0 Å². The summed E-state index contributed by atoms with van der Waals surface area (Å²) in [4.78, 5) is 47.8. The van der Waals surface area contributed by atoms with E-state index in [0.717, 1.165) is 31.2 Å². The fourth-order valence-electron chi connectivity index (χ4n) is 4.88. The van der Waals surface area contributed by atoms with Crippen molar-refractivity contribution in [2.24, 2.45) is 17.3 Å². The van der Waals surface area contributed by atoms with Crippen LogP contribution in [0.3, 0.4) is 0 Å². The van der Waals surface area contributed by atoms with Crippen molar-refractivity contribution in [3.05, 3.63) is 27.2 Å². The average Bonchev–Trinajstić information content (AvgIpc) is 3.35. The van der Waals surface area contributed by atoms with Crippen molar-refractivity contribution >= 4 is 46.6 Å². The van der Waals surface area contributed by atoms with E-state index in [0.29, 0.717) is 23.7 Å². The predicted octanol–water partition coefficient (Wildman–Crippen LogP) is 3.54. The number of hydrogen-bond acceptors (Lipinski definition) is 5. The molecule has 1 saturated carbocycles. The van der Waals surface area contributed by atoms with Crippen LogP contribution < -0.4 is 10.1 Å². The second-order valence-electron chi connectivity index (χ2n) is 8.31. The maximum Gasteiger partial charge on any atom is 0.294 e. The Hall–Kier alpha value is -1.92. The Balaban J connectivity index is 1.52. The zero-order valence-electron chi connectivity index (χ0n) is 16.0. The molecule has 29 heavy (non-hydrogen) atoms. The number of carbonyl (C=O) groups is 4. The predicted molar refractivity (Wildman–Crippen MR) is 106 cm³/mol. The summed E-state index contributed by atoms with van der Waals surface area (Å²) in [6.45, 7) is 2.02. The van der Waals surface area contributed by atoms with Crippen LogP contribution in [0.1, 0.15) is 54.9 Å². The number of imide groups is 1. The molecule has 2 amide bonds. The number of Topliss-reactive ketones (excluding diaryl/α,β-unsaturated/α-hetero) is 2. The standard InChI is InChI=1S/C21H21Cl2NO5/c1-21(11-4-2-3-5-11)9-10-8-13(15(22)16(23)14(10)18(21)26)29-7-6-12-17(25)20(28)24-19(12)27/h8,11-12H,2-7,9H2,1H3,(H,24,27,28). The molecule has 0 bridgehead atoms. The highest BCUT2D eigenvalue weighted by molar-refractivity contribution is 6.48. The van der Waals surface area contributed by atoms with Crippen molar-refractivity contribution in [2.75, 3.05) is 6.61 Å². The minimum Gasteiger partial charge on any atom is -0.492 e. The van der Waals surface area contributed by atoms with Crippen molar-refractivity contribution in [3.8, 4) is 5.75 Å². The molecule has 1 aromatic rings. The van der Waals surface area contributed by atoms with E-state index in [2.05, 4.69) is 0 Å². The minimum absolute atomic E-state index is 0.0137. The first-order valence-electron chi connectivity index (χ1n) is 9.81. The van der Waals surface area contributed by atoms with Gasteiger partial charge in [-0.2, -0.15) is 0 Å². The molecule has 2 unspecified atom stereocenters. The van der Waals surface area contributed by atoms with Crippen molar-refractivity contribution in [1.29, 1.82) is 0 Å². The second-order valence-corrected chi connectivity index (χ2v) is 9.07. The molecule has 2 atom stereocenters. The molecule has 4 rings (SSSR count). The maximum atomic E-state index is 13.2. The van der Waals surface area contributed by atoms with E-state index in [1.54, 1.807) is 6.07 Å². The van der Waals surface area contributed by atoms with Gasteiger partial charge in [0.05, 0.1) is 11.6 Å². The topological polar surface area (TPSA) is 89.5 Å². The summed E-state index contributed by atoms with van der Waals surface area (Å²) in [6, 6.07) is 1.74. The number of fused-ring (bicyclic) bond motifs is 1. The van der Waals surface area contributed by atoms with Gasteiger partial charge in [-0.3, -0.25) is 24.5 Å². The molecular weight excluding hydrogens is 417 g/mol. The van der Waals surface area contributed by atoms with Crippen LogP contribution >= 0.6 is 23.2 Å². The lowest BCUT2D eigenvalue weighted by Crippen LogP contribution is -2.32. The summed E-state index contributed by atoms with van der Waals surface area (Å²) in [5.74, 6) is -2.59. The Bertz CT molecular complexity index is 937. The number of ether oxygens (including phenoxy) is 1. The van der Waals surface area contributed by atoms with Crippen molar-refractivity contribution in [2.45, 2.75) is 45.4 Å². The highest BCUT2D eigenvalue weighted by Gasteiger charge is 2.49. The van der Waals surface area contributed by atoms with Crippen LogP contribution in [0, 0.1) is 17.3 Å². The van der Waals surface area contributed by atoms with Gasteiger partial charge < -0.3 is 4.74 Å². The summed E-state index contributed by atoms with van der Waals surface area (Å²) in [5.41, 5.74) is 0.826. The number of ketones is 2. The summed E-state index contributed by atoms with van der Waals surface area (Å²) >= 11 is 12.8. The molecule has 1 N–H and O–H groups in total. The van der Waals surface area contributed by atoms with Gasteiger partial charge in [0.15, 0.2) is 5.78 Å². The molecule has 3 aliphatic rings. The first-order chi connectivity index (χ1) is 13.7. The van der Waals surface area contributed by atoms with Gasteiger partial charge in [-0.15, -0.1) is 0 Å². The van der Waals surface area contributed by atoms with Gasteiger partial charge in [-0.1, -0.05) is 43.0 Å². The third kappa shape index (κ3) is 3.26. The molecule has 1 heterocycles. The zero-order chi connectivity index (χ0) is 20.9. The fourth-order valence-corrected chi connectivity index (χ4v) is 5.39. The molecule has 1 saturated heterocycles. The van der Waals surface area contributed by atoms with Crippen LogP contribution in [-0.4, -0.2) is 30.0 Å². The average molecular weight is 438 g/mol. The largest absolute Gasteiger partial charge is 0.492 e. The lowest BCUT2D eigenvalue weighted by molar-refractivity contribution is -0.136. The third-order valence-corrected chi connectivity index (χ3v) is 7.42. The van der Waals surface area contributed by atoms with Gasteiger partial charge in [0, 0.05) is 17.4 Å². The van der Waals surface area contributed by atoms with Crippen molar-refractivity contribution in [3.63, 3.8) is 0 Å². The smallest absolute Gasteiger partial charge is 0.294 e. The van der Waals surface area contributed by atoms with Crippen molar-refractivity contribution < 1.29 is 23.9 Å². The quantitative estimate of drug-likeness (QED) is 0.432. The highest BCUT2D eigenvalue weighted by Crippen LogP contribution is 2.52. The molecule has 0 aromatic heterocycles. The van der Waals surface area contributed by atoms with Gasteiger partial charge in [0.2, 0.25) is 11.7 Å². The van der Waals surface area contributed by atoms with Crippen LogP contribution in [0.2, 0.25) is 10.0 Å². The lowest BCUT2D eigenvalue weighted by Gasteiger charge is -2.29. The maximum absolute atomic E-state index is 13.2. The number of carbonyl (C=O) groups excluding carboxylic acids is 4. The summed E-state index contributed by atoms with van der Waals surface area (Å²) in [5, 5.41) is 2.33. The number of halogens is 2. The molecule has 2 fully saturated rings. The molecule has 8 heteroatoms. The van der Waals surface area contributed by atoms with Gasteiger partial charge in [0.1, 0.15) is 16.7 Å². The molecule has 1 aliphatic heterocycles. The molecule has 6 nitrogen and oxygen atoms in total. The highest BCUT2D eigenvalue weighted by atomic mass is 35.5. The van der Waals surface area contributed by atoms with Crippen LogP contribution in [0.25, 0.3) is 0 Å². The van der Waals surface area contributed by atoms with Gasteiger partial charge >= 0.3 is 0 Å². The van der Waals surface area contributed by atoms with E-state index in [4.69, 9.17) is 27.9 Å². The molecular formula is C21H21Cl2NO5. The Labute approximate surface area is 178 Å². The van der Waals surface area contributed by atoms with Crippen LogP contribution in [0.5, 0.6) is 5.75 Å². The molecule has 0 radical (unpaired) electrons. The number of nitrogens with one attached hydrogen (secondary N) is 1. The van der Waals surface area contributed by atoms with E-state index in [9.17, 15) is 19.2 Å². The van der Waals surface area contributed by atoms with Gasteiger partial charge in [0.25, 0.3) is 5.91 Å². The Morgan fingerprint density at radius 2 is 1.83 bits per heavy atom. The number of hydrogen-bond donors (Lipinski definition) is 1. The first kappa shape index (κ1) is 20.4. The molecule has 2 aliphatic carbocycles. The zero-order valence-corrected chi connectivity index (χ0v) is 17.5. The molecule has 1 aromatic carbocycles. The second kappa shape index (κ2) is 7.40. The first-order valence-corrected chi connectivity index (χ1v) is 10.6. The van der Waals surface area contributed by atoms with E-state index < -0.39 is 28.9 Å². The third-order valence-electron chi connectivity index (χ3n) is 6.57. The monoisotopic (exact) mass is 437 g/mol. The number of amides is 2. The summed E-state index contributed by atoms with van der Waals surface area (Å²) < 4.78 is 5.69. The van der Waals surface area contributed by atoms with Crippen LogP contribution in [0.15, 0.2) is 6.07 Å².